The van der Waals surface area contributed by atoms with Crippen molar-refractivity contribution in [3.8, 4) is 0 Å². The van der Waals surface area contributed by atoms with Gasteiger partial charge < -0.3 is 9.57 Å². The highest BCUT2D eigenvalue weighted by atomic mass is 35.5. The Hall–Kier alpha value is -1.66. The highest BCUT2D eigenvalue weighted by molar-refractivity contribution is 7.98. The van der Waals surface area contributed by atoms with Crippen LogP contribution in [-0.4, -0.2) is 27.9 Å². The highest BCUT2D eigenvalue weighted by Crippen LogP contribution is 2.33. The molecule has 0 unspecified atom stereocenters. The van der Waals surface area contributed by atoms with Crippen molar-refractivity contribution in [2.45, 2.75) is 30.2 Å². The second-order valence-corrected chi connectivity index (χ2v) is 7.22. The lowest BCUT2D eigenvalue weighted by Gasteiger charge is -2.29. The quantitative estimate of drug-likeness (QED) is 0.785. The molecule has 0 saturated carbocycles. The van der Waals surface area contributed by atoms with Gasteiger partial charge in [0.1, 0.15) is 16.2 Å². The smallest absolute Gasteiger partial charge is 0.264 e. The third kappa shape index (κ3) is 3.64. The maximum absolute atomic E-state index is 6.30. The number of hydrogen-bond acceptors (Lipinski definition) is 5. The Morgan fingerprint density at radius 3 is 2.74 bits per heavy atom. The fourth-order valence-electron chi connectivity index (χ4n) is 2.20. The van der Waals surface area contributed by atoms with Crippen LogP contribution in [0.4, 0.5) is 0 Å². The number of oxime groups is 1. The molecular weight excluding hydrogens is 334 g/mol. The Balaban J connectivity index is 1.88. The summed E-state index contributed by atoms with van der Waals surface area (Å²) in [5.74, 6) is 1.19. The van der Waals surface area contributed by atoms with Crippen LogP contribution in [0, 0.1) is 0 Å². The molecule has 23 heavy (non-hydrogen) atoms. The van der Waals surface area contributed by atoms with Crippen molar-refractivity contribution in [2.24, 2.45) is 12.2 Å². The van der Waals surface area contributed by atoms with Crippen LogP contribution < -0.4 is 0 Å². The Morgan fingerprint density at radius 2 is 2.04 bits per heavy atom. The molecule has 1 aromatic heterocycles. The first-order valence-corrected chi connectivity index (χ1v) is 8.61. The first kappa shape index (κ1) is 16.2. The normalized spacial score (nSPS) is 16.4. The zero-order chi connectivity index (χ0) is 16.4. The third-order valence-electron chi connectivity index (χ3n) is 3.32. The Bertz CT molecular complexity index is 728. The van der Waals surface area contributed by atoms with E-state index in [0.29, 0.717) is 23.2 Å². The van der Waals surface area contributed by atoms with Crippen LogP contribution in [0.2, 0.25) is 5.15 Å². The van der Waals surface area contributed by atoms with Crippen molar-refractivity contribution in [3.63, 3.8) is 0 Å². The van der Waals surface area contributed by atoms with Gasteiger partial charge in [-0.15, -0.1) is 11.8 Å². The molecule has 2 aromatic rings. The average Bonchev–Trinajstić information content (AvgIpc) is 2.79. The average molecular weight is 352 g/mol. The van der Waals surface area contributed by atoms with Crippen molar-refractivity contribution in [3.05, 3.63) is 46.6 Å². The number of hydrogen-bond donors (Lipinski definition) is 0. The van der Waals surface area contributed by atoms with Gasteiger partial charge in [0.2, 0.25) is 0 Å². The number of nitrogens with zero attached hydrogens (tertiary/aromatic N) is 3. The van der Waals surface area contributed by atoms with Crippen molar-refractivity contribution in [2.75, 3.05) is 6.61 Å². The van der Waals surface area contributed by atoms with Crippen LogP contribution in [0.3, 0.4) is 0 Å². The van der Waals surface area contributed by atoms with Gasteiger partial charge in [-0.05, 0) is 24.6 Å². The van der Waals surface area contributed by atoms with Crippen LogP contribution in [0.1, 0.15) is 25.0 Å². The summed E-state index contributed by atoms with van der Waals surface area (Å²) in [6.45, 7) is 4.30. The molecular formula is C16H18ClN3O2S. The van der Waals surface area contributed by atoms with E-state index in [9.17, 15) is 0 Å². The van der Waals surface area contributed by atoms with Gasteiger partial charge in [-0.1, -0.05) is 41.9 Å². The van der Waals surface area contributed by atoms with Gasteiger partial charge in [0.05, 0.1) is 0 Å². The summed E-state index contributed by atoms with van der Waals surface area (Å²) in [7, 11) is 1.86. The molecule has 0 bridgehead atoms. The maximum Gasteiger partial charge on any atom is 0.264 e. The van der Waals surface area contributed by atoms with Gasteiger partial charge in [0.15, 0.2) is 11.8 Å². The summed E-state index contributed by atoms with van der Waals surface area (Å²) in [5, 5.41) is 9.59. The molecule has 0 radical (unpaired) electrons. The molecule has 1 aromatic carbocycles. The molecule has 0 amide bonds. The largest absolute Gasteiger partial charge is 0.465 e. The summed E-state index contributed by atoms with van der Waals surface area (Å²) in [5.41, 5.74) is 1.46. The summed E-state index contributed by atoms with van der Waals surface area (Å²) in [6.07, 6.45) is 0. The van der Waals surface area contributed by atoms with E-state index < -0.39 is 5.60 Å². The van der Waals surface area contributed by atoms with Gasteiger partial charge in [-0.2, -0.15) is 5.10 Å². The summed E-state index contributed by atoms with van der Waals surface area (Å²) in [4.78, 5) is 5.29. The number of ether oxygens (including phenoxy) is 1. The van der Waals surface area contributed by atoms with Gasteiger partial charge >= 0.3 is 0 Å². The van der Waals surface area contributed by atoms with Crippen LogP contribution in [0.25, 0.3) is 0 Å². The topological polar surface area (TPSA) is 48.6 Å². The first-order chi connectivity index (χ1) is 11.0. The minimum Gasteiger partial charge on any atom is -0.465 e. The molecule has 122 valence electrons. The first-order valence-electron chi connectivity index (χ1n) is 7.25. The molecule has 7 heteroatoms. The molecule has 0 saturated heterocycles. The van der Waals surface area contributed by atoms with Crippen LogP contribution in [0.5, 0.6) is 0 Å². The van der Waals surface area contributed by atoms with Crippen molar-refractivity contribution in [1.82, 2.24) is 9.78 Å². The van der Waals surface area contributed by atoms with E-state index in [-0.39, 0.29) is 0 Å². The predicted octanol–water partition coefficient (Wildman–Crippen LogP) is 3.85. The van der Waals surface area contributed by atoms with E-state index in [4.69, 9.17) is 21.2 Å². The Morgan fingerprint density at radius 1 is 1.30 bits per heavy atom. The number of thioether (sulfide) groups is 1. The van der Waals surface area contributed by atoms with Crippen LogP contribution >= 0.6 is 23.4 Å². The van der Waals surface area contributed by atoms with Crippen molar-refractivity contribution in [1.29, 1.82) is 0 Å². The molecule has 0 N–H and O–H groups in total. The zero-order valence-electron chi connectivity index (χ0n) is 13.2. The second-order valence-electron chi connectivity index (χ2n) is 5.90. The number of aryl methyl sites for hydroxylation is 1. The van der Waals surface area contributed by atoms with E-state index in [0.717, 1.165) is 10.8 Å². The molecule has 1 aliphatic rings. The third-order valence-corrected chi connectivity index (χ3v) is 4.80. The monoisotopic (exact) mass is 351 g/mol. The number of halogens is 1. The second kappa shape index (κ2) is 6.45. The van der Waals surface area contributed by atoms with E-state index in [1.54, 1.807) is 16.4 Å². The standard InChI is InChI=1S/C16H18ClN3O2S/c1-16(2)10-21-19-14(22-16)12-13(17)18-20(3)15(12)23-9-11-7-5-4-6-8-11/h4-8H,9-10H2,1-3H3. The summed E-state index contributed by atoms with van der Waals surface area (Å²) < 4.78 is 7.67. The van der Waals surface area contributed by atoms with Gasteiger partial charge in [0, 0.05) is 12.8 Å². The maximum atomic E-state index is 6.30. The highest BCUT2D eigenvalue weighted by Gasteiger charge is 2.32. The van der Waals surface area contributed by atoms with E-state index in [1.807, 2.05) is 39.1 Å². The lowest BCUT2D eigenvalue weighted by atomic mass is 10.1. The van der Waals surface area contributed by atoms with Gasteiger partial charge in [0.25, 0.3) is 5.90 Å². The lowest BCUT2D eigenvalue weighted by molar-refractivity contribution is -0.0428. The molecule has 0 atom stereocenters. The molecule has 0 spiro atoms. The SMILES string of the molecule is Cn1nc(Cl)c(C2=NOCC(C)(C)O2)c1SCc1ccccc1. The van der Waals surface area contributed by atoms with Crippen LogP contribution in [0.15, 0.2) is 40.5 Å². The Kier molecular flexibility index (Phi) is 4.55. The minimum absolute atomic E-state index is 0.364. The number of rotatable bonds is 4. The molecule has 5 nitrogen and oxygen atoms in total. The lowest BCUT2D eigenvalue weighted by Crippen LogP contribution is -2.37. The fourth-order valence-corrected chi connectivity index (χ4v) is 3.59. The van der Waals surface area contributed by atoms with E-state index in [2.05, 4.69) is 22.4 Å². The van der Waals surface area contributed by atoms with Crippen LogP contribution in [-0.2, 0) is 22.4 Å². The van der Waals surface area contributed by atoms with Crippen molar-refractivity contribution >= 4 is 29.3 Å². The Labute approximate surface area is 144 Å². The summed E-state index contributed by atoms with van der Waals surface area (Å²) in [6, 6.07) is 10.2. The van der Waals surface area contributed by atoms with Gasteiger partial charge in [-0.25, -0.2) is 0 Å². The van der Waals surface area contributed by atoms with Gasteiger partial charge in [-0.3, -0.25) is 4.68 Å². The molecule has 0 fully saturated rings. The van der Waals surface area contributed by atoms with Crippen molar-refractivity contribution < 1.29 is 9.57 Å². The minimum atomic E-state index is -0.447. The number of aromatic nitrogens is 2. The fraction of sp³-hybridized carbons (Fsp3) is 0.375. The summed E-state index contributed by atoms with van der Waals surface area (Å²) >= 11 is 7.94. The predicted molar refractivity (Wildman–Crippen MR) is 91.9 cm³/mol. The zero-order valence-corrected chi connectivity index (χ0v) is 14.8. The number of benzene rings is 1. The van der Waals surface area contributed by atoms with E-state index in [1.165, 1.54) is 5.56 Å². The molecule has 1 aliphatic heterocycles. The van der Waals surface area contributed by atoms with E-state index >= 15 is 0 Å². The molecule has 0 aliphatic carbocycles. The molecule has 3 rings (SSSR count). The molecule has 2 heterocycles.